The number of fused-ring (bicyclic) bond motifs is 1. The first kappa shape index (κ1) is 16.6. The van der Waals surface area contributed by atoms with Crippen LogP contribution >= 0.6 is 0 Å². The standard InChI is InChI=1S/C19H24N2O3/c1-14-5-7-15(8-6-14)24-12-18(23)20-13-19-10-3-2-4-16(19)21-17(22)9-11-19/h4-8H,2-3,9-13H2,1H3,(H,20,23)(H,21,22). The van der Waals surface area contributed by atoms with Crippen molar-refractivity contribution in [2.75, 3.05) is 13.2 Å². The van der Waals surface area contributed by atoms with Crippen molar-refractivity contribution in [3.63, 3.8) is 0 Å². The molecule has 1 atom stereocenters. The maximum absolute atomic E-state index is 12.1. The monoisotopic (exact) mass is 328 g/mol. The van der Waals surface area contributed by atoms with E-state index in [0.29, 0.717) is 18.7 Å². The van der Waals surface area contributed by atoms with Crippen molar-refractivity contribution in [3.05, 3.63) is 41.6 Å². The fraction of sp³-hybridized carbons (Fsp3) is 0.474. The van der Waals surface area contributed by atoms with E-state index in [1.165, 1.54) is 0 Å². The van der Waals surface area contributed by atoms with Crippen LogP contribution in [0.1, 0.15) is 37.7 Å². The molecule has 1 aliphatic heterocycles. The molecular weight excluding hydrogens is 304 g/mol. The molecule has 0 saturated carbocycles. The van der Waals surface area contributed by atoms with E-state index in [-0.39, 0.29) is 23.8 Å². The minimum atomic E-state index is -0.133. The molecule has 0 aromatic heterocycles. The molecule has 0 radical (unpaired) electrons. The van der Waals surface area contributed by atoms with Gasteiger partial charge in [0.1, 0.15) is 5.75 Å². The molecule has 1 heterocycles. The zero-order valence-electron chi connectivity index (χ0n) is 14.1. The normalized spacial score (nSPS) is 22.9. The lowest BCUT2D eigenvalue weighted by atomic mass is 9.70. The first-order valence-corrected chi connectivity index (χ1v) is 8.54. The predicted octanol–water partition coefficient (Wildman–Crippen LogP) is 2.45. The number of amides is 2. The summed E-state index contributed by atoms with van der Waals surface area (Å²) in [5.74, 6) is 0.636. The Balaban J connectivity index is 1.53. The first-order chi connectivity index (χ1) is 11.6. The van der Waals surface area contributed by atoms with Crippen molar-refractivity contribution < 1.29 is 14.3 Å². The lowest BCUT2D eigenvalue weighted by molar-refractivity contribution is -0.124. The van der Waals surface area contributed by atoms with Crippen LogP contribution in [-0.4, -0.2) is 25.0 Å². The van der Waals surface area contributed by atoms with Gasteiger partial charge < -0.3 is 15.4 Å². The van der Waals surface area contributed by atoms with Gasteiger partial charge in [-0.2, -0.15) is 0 Å². The van der Waals surface area contributed by atoms with Crippen molar-refractivity contribution in [2.24, 2.45) is 5.41 Å². The van der Waals surface area contributed by atoms with Crippen molar-refractivity contribution in [1.29, 1.82) is 0 Å². The van der Waals surface area contributed by atoms with Crippen molar-refractivity contribution >= 4 is 11.8 Å². The van der Waals surface area contributed by atoms with Crippen LogP contribution in [0.15, 0.2) is 36.0 Å². The number of aryl methyl sites for hydroxylation is 1. The summed E-state index contributed by atoms with van der Waals surface area (Å²) in [5.41, 5.74) is 2.03. The molecule has 1 aromatic carbocycles. The Kier molecular flexibility index (Phi) is 4.88. The fourth-order valence-electron chi connectivity index (χ4n) is 3.42. The van der Waals surface area contributed by atoms with Gasteiger partial charge in [-0.05, 0) is 44.7 Å². The van der Waals surface area contributed by atoms with E-state index < -0.39 is 0 Å². The number of hydrogen-bond acceptors (Lipinski definition) is 3. The summed E-state index contributed by atoms with van der Waals surface area (Å²) in [5, 5.41) is 5.97. The van der Waals surface area contributed by atoms with Gasteiger partial charge in [-0.1, -0.05) is 23.8 Å². The molecule has 1 saturated heterocycles. The van der Waals surface area contributed by atoms with Gasteiger partial charge in [-0.15, -0.1) is 0 Å². The number of piperidine rings is 1. The van der Waals surface area contributed by atoms with Crippen LogP contribution in [0.3, 0.4) is 0 Å². The molecular formula is C19H24N2O3. The van der Waals surface area contributed by atoms with Gasteiger partial charge >= 0.3 is 0 Å². The number of carbonyl (C=O) groups excluding carboxylic acids is 2. The van der Waals surface area contributed by atoms with Crippen molar-refractivity contribution in [2.45, 2.75) is 39.0 Å². The molecule has 24 heavy (non-hydrogen) atoms. The maximum atomic E-state index is 12.1. The van der Waals surface area contributed by atoms with E-state index in [4.69, 9.17) is 4.74 Å². The van der Waals surface area contributed by atoms with Crippen molar-refractivity contribution in [1.82, 2.24) is 10.6 Å². The van der Waals surface area contributed by atoms with Gasteiger partial charge in [0.05, 0.1) is 0 Å². The third kappa shape index (κ3) is 3.78. The molecule has 1 fully saturated rings. The minimum Gasteiger partial charge on any atom is -0.484 e. The largest absolute Gasteiger partial charge is 0.484 e. The molecule has 2 aliphatic rings. The predicted molar refractivity (Wildman–Crippen MR) is 91.4 cm³/mol. The summed E-state index contributed by atoms with van der Waals surface area (Å²) >= 11 is 0. The molecule has 3 rings (SSSR count). The maximum Gasteiger partial charge on any atom is 0.257 e. The molecule has 2 amide bonds. The van der Waals surface area contributed by atoms with Gasteiger partial charge in [-0.3, -0.25) is 9.59 Å². The molecule has 5 nitrogen and oxygen atoms in total. The van der Waals surface area contributed by atoms with Crippen LogP contribution in [0.4, 0.5) is 0 Å². The Morgan fingerprint density at radius 2 is 2.08 bits per heavy atom. The Labute approximate surface area is 142 Å². The van der Waals surface area contributed by atoms with E-state index in [9.17, 15) is 9.59 Å². The van der Waals surface area contributed by atoms with Crippen LogP contribution in [0, 0.1) is 12.3 Å². The van der Waals surface area contributed by atoms with E-state index >= 15 is 0 Å². The number of nitrogens with one attached hydrogen (secondary N) is 2. The second kappa shape index (κ2) is 7.07. The Morgan fingerprint density at radius 1 is 1.29 bits per heavy atom. The second-order valence-electron chi connectivity index (χ2n) is 6.72. The quantitative estimate of drug-likeness (QED) is 0.872. The van der Waals surface area contributed by atoms with Gasteiger partial charge in [-0.25, -0.2) is 0 Å². The SMILES string of the molecule is Cc1ccc(OCC(=O)NCC23CCCC=C2NC(=O)CC3)cc1. The van der Waals surface area contributed by atoms with Gasteiger partial charge in [0.25, 0.3) is 5.91 Å². The van der Waals surface area contributed by atoms with Crippen LogP contribution in [-0.2, 0) is 9.59 Å². The average molecular weight is 328 g/mol. The van der Waals surface area contributed by atoms with Gasteiger partial charge in [0, 0.05) is 24.1 Å². The molecule has 0 spiro atoms. The van der Waals surface area contributed by atoms with Crippen LogP contribution in [0.25, 0.3) is 0 Å². The molecule has 1 unspecified atom stereocenters. The fourth-order valence-corrected chi connectivity index (χ4v) is 3.42. The number of hydrogen-bond donors (Lipinski definition) is 2. The highest BCUT2D eigenvalue weighted by Crippen LogP contribution is 2.42. The van der Waals surface area contributed by atoms with Crippen LogP contribution < -0.4 is 15.4 Å². The highest BCUT2D eigenvalue weighted by atomic mass is 16.5. The smallest absolute Gasteiger partial charge is 0.257 e. The molecule has 1 aliphatic carbocycles. The van der Waals surface area contributed by atoms with E-state index in [1.807, 2.05) is 31.2 Å². The Bertz CT molecular complexity index is 651. The number of carbonyl (C=O) groups is 2. The number of ether oxygens (including phenoxy) is 1. The van der Waals surface area contributed by atoms with Crippen LogP contribution in [0.2, 0.25) is 0 Å². The van der Waals surface area contributed by atoms with E-state index in [1.54, 1.807) is 0 Å². The molecule has 128 valence electrons. The number of rotatable bonds is 5. The third-order valence-corrected chi connectivity index (χ3v) is 4.90. The minimum absolute atomic E-state index is 0.00451. The Hall–Kier alpha value is -2.30. The lowest BCUT2D eigenvalue weighted by Crippen LogP contribution is -2.49. The molecule has 1 aromatic rings. The molecule has 0 bridgehead atoms. The summed E-state index contributed by atoms with van der Waals surface area (Å²) in [6.45, 7) is 2.56. The third-order valence-electron chi connectivity index (χ3n) is 4.90. The summed E-state index contributed by atoms with van der Waals surface area (Å²) in [4.78, 5) is 23.7. The first-order valence-electron chi connectivity index (χ1n) is 8.54. The summed E-state index contributed by atoms with van der Waals surface area (Å²) in [6, 6.07) is 7.63. The van der Waals surface area contributed by atoms with E-state index in [0.717, 1.165) is 36.9 Å². The molecule has 5 heteroatoms. The highest BCUT2D eigenvalue weighted by molar-refractivity contribution is 5.80. The highest BCUT2D eigenvalue weighted by Gasteiger charge is 2.40. The number of benzene rings is 1. The second-order valence-corrected chi connectivity index (χ2v) is 6.72. The zero-order valence-corrected chi connectivity index (χ0v) is 14.1. The Morgan fingerprint density at radius 3 is 2.88 bits per heavy atom. The summed E-state index contributed by atoms with van der Waals surface area (Å²) in [7, 11) is 0. The van der Waals surface area contributed by atoms with Crippen LogP contribution in [0.5, 0.6) is 5.75 Å². The van der Waals surface area contributed by atoms with Gasteiger partial charge in [0.2, 0.25) is 5.91 Å². The lowest BCUT2D eigenvalue weighted by Gasteiger charge is -2.42. The topological polar surface area (TPSA) is 67.4 Å². The summed E-state index contributed by atoms with van der Waals surface area (Å²) < 4.78 is 5.52. The van der Waals surface area contributed by atoms with E-state index in [2.05, 4.69) is 16.7 Å². The van der Waals surface area contributed by atoms with Gasteiger partial charge in [0.15, 0.2) is 6.61 Å². The number of allylic oxidation sites excluding steroid dienone is 1. The summed E-state index contributed by atoms with van der Waals surface area (Å²) in [6.07, 6.45) is 6.50. The molecule has 2 N–H and O–H groups in total. The average Bonchev–Trinajstić information content (AvgIpc) is 2.60. The zero-order chi connectivity index (χ0) is 17.0. The van der Waals surface area contributed by atoms with Crippen molar-refractivity contribution in [3.8, 4) is 5.75 Å².